The molecule has 0 aliphatic carbocycles. The smallest absolute Gasteiger partial charge is 0.227 e. The summed E-state index contributed by atoms with van der Waals surface area (Å²) in [5, 5.41) is 8.38. The van der Waals surface area contributed by atoms with Crippen molar-refractivity contribution in [1.82, 2.24) is 19.6 Å². The minimum absolute atomic E-state index is 0.518. The van der Waals surface area contributed by atoms with Gasteiger partial charge in [-0.05, 0) is 43.3 Å². The third-order valence-electron chi connectivity index (χ3n) is 3.71. The summed E-state index contributed by atoms with van der Waals surface area (Å²) in [6.45, 7) is 1.98. The Kier molecular flexibility index (Phi) is 3.63. The molecular weight excluding hydrogens is 322 g/mol. The number of hydrogen-bond acceptors (Lipinski definition) is 4. The van der Waals surface area contributed by atoms with Crippen LogP contribution in [0.5, 0.6) is 0 Å². The Morgan fingerprint density at radius 2 is 2.00 bits per heavy atom. The first kappa shape index (κ1) is 14.7. The minimum atomic E-state index is 0.518. The second-order valence-corrected chi connectivity index (χ2v) is 5.83. The summed E-state index contributed by atoms with van der Waals surface area (Å²) < 4.78 is 1.86. The molecule has 0 radical (unpaired) electrons. The lowest BCUT2D eigenvalue weighted by molar-refractivity contribution is 0.934. The van der Waals surface area contributed by atoms with E-state index in [0.717, 1.165) is 28.2 Å². The number of hydrogen-bond donors (Lipinski definition) is 1. The Bertz CT molecular complexity index is 1020. The third kappa shape index (κ3) is 2.70. The van der Waals surface area contributed by atoms with Crippen molar-refractivity contribution in [2.75, 3.05) is 5.32 Å². The molecule has 4 aromatic rings. The van der Waals surface area contributed by atoms with Gasteiger partial charge in [-0.15, -0.1) is 0 Å². The van der Waals surface area contributed by atoms with Gasteiger partial charge in [0, 0.05) is 28.7 Å². The average Bonchev–Trinajstić information content (AvgIpc) is 2.91. The number of anilines is 2. The maximum atomic E-state index is 6.02. The van der Waals surface area contributed by atoms with Crippen molar-refractivity contribution in [3.8, 4) is 11.3 Å². The molecule has 6 heteroatoms. The Morgan fingerprint density at radius 3 is 2.88 bits per heavy atom. The van der Waals surface area contributed by atoms with Crippen molar-refractivity contribution in [1.29, 1.82) is 0 Å². The van der Waals surface area contributed by atoms with Crippen LogP contribution in [0.2, 0.25) is 5.02 Å². The normalized spacial score (nSPS) is 10.9. The SMILES string of the molecule is Cc1nn2ccccc2c1-c1ccnc(Nc2cccc(Cl)c2)n1. The highest BCUT2D eigenvalue weighted by molar-refractivity contribution is 6.30. The molecule has 0 saturated carbocycles. The highest BCUT2D eigenvalue weighted by Crippen LogP contribution is 2.27. The standard InChI is InChI=1S/C18H14ClN5/c1-12-17(16-7-2-3-10-24(16)23-12)15-8-9-20-18(22-15)21-14-6-4-5-13(19)11-14/h2-11H,1H3,(H,20,21,22). The van der Waals surface area contributed by atoms with Gasteiger partial charge in [0.1, 0.15) is 0 Å². The van der Waals surface area contributed by atoms with E-state index in [4.69, 9.17) is 11.6 Å². The van der Waals surface area contributed by atoms with E-state index in [-0.39, 0.29) is 0 Å². The van der Waals surface area contributed by atoms with Gasteiger partial charge in [-0.3, -0.25) is 0 Å². The topological polar surface area (TPSA) is 55.1 Å². The van der Waals surface area contributed by atoms with Crippen LogP contribution in [0.25, 0.3) is 16.8 Å². The summed E-state index contributed by atoms with van der Waals surface area (Å²) in [5.74, 6) is 0.518. The van der Waals surface area contributed by atoms with Gasteiger partial charge >= 0.3 is 0 Å². The molecule has 5 nitrogen and oxygen atoms in total. The molecular formula is C18H14ClN5. The van der Waals surface area contributed by atoms with Gasteiger partial charge in [-0.2, -0.15) is 5.10 Å². The van der Waals surface area contributed by atoms with E-state index in [9.17, 15) is 0 Å². The van der Waals surface area contributed by atoms with Gasteiger partial charge < -0.3 is 5.32 Å². The monoisotopic (exact) mass is 335 g/mol. The first-order chi connectivity index (χ1) is 11.7. The number of nitrogens with zero attached hydrogens (tertiary/aromatic N) is 4. The summed E-state index contributed by atoms with van der Waals surface area (Å²) in [6.07, 6.45) is 3.67. The fourth-order valence-electron chi connectivity index (χ4n) is 2.69. The zero-order valence-corrected chi connectivity index (χ0v) is 13.7. The van der Waals surface area contributed by atoms with Crippen molar-refractivity contribution in [3.63, 3.8) is 0 Å². The minimum Gasteiger partial charge on any atom is -0.324 e. The van der Waals surface area contributed by atoms with Crippen LogP contribution in [-0.2, 0) is 0 Å². The van der Waals surface area contributed by atoms with Crippen molar-refractivity contribution in [2.45, 2.75) is 6.92 Å². The average molecular weight is 336 g/mol. The molecule has 24 heavy (non-hydrogen) atoms. The van der Waals surface area contributed by atoms with Gasteiger partial charge in [0.2, 0.25) is 5.95 Å². The largest absolute Gasteiger partial charge is 0.324 e. The number of nitrogens with one attached hydrogen (secondary N) is 1. The zero-order chi connectivity index (χ0) is 16.5. The van der Waals surface area contributed by atoms with Gasteiger partial charge in [0.25, 0.3) is 0 Å². The van der Waals surface area contributed by atoms with E-state index < -0.39 is 0 Å². The number of rotatable bonds is 3. The predicted octanol–water partition coefficient (Wildman–Crippen LogP) is 4.50. The van der Waals surface area contributed by atoms with E-state index in [2.05, 4.69) is 20.4 Å². The summed E-state index contributed by atoms with van der Waals surface area (Å²) in [4.78, 5) is 8.92. The van der Waals surface area contributed by atoms with Crippen molar-refractivity contribution < 1.29 is 0 Å². The highest BCUT2D eigenvalue weighted by atomic mass is 35.5. The Hall–Kier alpha value is -2.92. The van der Waals surface area contributed by atoms with Gasteiger partial charge in [-0.1, -0.05) is 23.7 Å². The number of halogens is 1. The second-order valence-electron chi connectivity index (χ2n) is 5.39. The first-order valence-electron chi connectivity index (χ1n) is 7.51. The number of benzene rings is 1. The van der Waals surface area contributed by atoms with Crippen molar-refractivity contribution in [2.24, 2.45) is 0 Å². The van der Waals surface area contributed by atoms with Crippen LogP contribution in [0.1, 0.15) is 5.69 Å². The van der Waals surface area contributed by atoms with Crippen LogP contribution >= 0.6 is 11.6 Å². The van der Waals surface area contributed by atoms with E-state index in [1.54, 1.807) is 6.20 Å². The quantitative estimate of drug-likeness (QED) is 0.599. The maximum Gasteiger partial charge on any atom is 0.227 e. The number of fused-ring (bicyclic) bond motifs is 1. The molecule has 0 amide bonds. The number of pyridine rings is 1. The molecule has 0 aliphatic heterocycles. The lowest BCUT2D eigenvalue weighted by Gasteiger charge is -2.07. The van der Waals surface area contributed by atoms with Crippen LogP contribution < -0.4 is 5.32 Å². The zero-order valence-electron chi connectivity index (χ0n) is 12.9. The molecule has 0 fully saturated rings. The van der Waals surface area contributed by atoms with Gasteiger partial charge in [-0.25, -0.2) is 14.5 Å². The molecule has 0 bridgehead atoms. The number of aromatic nitrogens is 4. The van der Waals surface area contributed by atoms with Crippen molar-refractivity contribution in [3.05, 3.63) is 71.6 Å². The summed E-state index contributed by atoms with van der Waals surface area (Å²) in [7, 11) is 0. The molecule has 1 aromatic carbocycles. The number of aryl methyl sites for hydroxylation is 1. The van der Waals surface area contributed by atoms with Crippen LogP contribution in [0.4, 0.5) is 11.6 Å². The van der Waals surface area contributed by atoms with Gasteiger partial charge in [0.05, 0.1) is 16.9 Å². The van der Waals surface area contributed by atoms with Gasteiger partial charge in [0.15, 0.2) is 0 Å². The first-order valence-corrected chi connectivity index (χ1v) is 7.88. The predicted molar refractivity (Wildman–Crippen MR) is 95.7 cm³/mol. The Balaban J connectivity index is 1.76. The molecule has 4 rings (SSSR count). The lowest BCUT2D eigenvalue weighted by atomic mass is 10.1. The molecule has 3 aromatic heterocycles. The summed E-state index contributed by atoms with van der Waals surface area (Å²) in [5.41, 5.74) is 4.62. The molecule has 0 saturated heterocycles. The van der Waals surface area contributed by atoms with E-state index in [1.807, 2.05) is 66.2 Å². The van der Waals surface area contributed by atoms with Crippen LogP contribution in [0.3, 0.4) is 0 Å². The van der Waals surface area contributed by atoms with Crippen LogP contribution in [0, 0.1) is 6.92 Å². The third-order valence-corrected chi connectivity index (χ3v) is 3.94. The molecule has 0 atom stereocenters. The molecule has 118 valence electrons. The highest BCUT2D eigenvalue weighted by Gasteiger charge is 2.13. The van der Waals surface area contributed by atoms with Crippen LogP contribution in [0.15, 0.2) is 60.9 Å². The molecule has 0 spiro atoms. The fourth-order valence-corrected chi connectivity index (χ4v) is 2.88. The summed E-state index contributed by atoms with van der Waals surface area (Å²) >= 11 is 6.02. The Labute approximate surface area is 144 Å². The molecule has 0 aliphatic rings. The lowest BCUT2D eigenvalue weighted by Crippen LogP contribution is -1.98. The van der Waals surface area contributed by atoms with E-state index >= 15 is 0 Å². The molecule has 0 unspecified atom stereocenters. The molecule has 3 heterocycles. The van der Waals surface area contributed by atoms with E-state index in [1.165, 1.54) is 0 Å². The maximum absolute atomic E-state index is 6.02. The van der Waals surface area contributed by atoms with Crippen molar-refractivity contribution >= 4 is 28.8 Å². The second kappa shape index (κ2) is 5.94. The van der Waals surface area contributed by atoms with E-state index in [0.29, 0.717) is 11.0 Å². The van der Waals surface area contributed by atoms with Crippen LogP contribution in [-0.4, -0.2) is 19.6 Å². The summed E-state index contributed by atoms with van der Waals surface area (Å²) in [6, 6.07) is 15.3. The Morgan fingerprint density at radius 1 is 1.08 bits per heavy atom. The fraction of sp³-hybridized carbons (Fsp3) is 0.0556. The molecule has 1 N–H and O–H groups in total.